The molecular weight excluding hydrogens is 420 g/mol. The number of aliphatic imine (C=N–C) groups is 1. The molecule has 2 atom stereocenters. The maximum Gasteiger partial charge on any atom is 0.210 e. The van der Waals surface area contributed by atoms with Crippen molar-refractivity contribution in [3.63, 3.8) is 0 Å². The van der Waals surface area contributed by atoms with Crippen molar-refractivity contribution in [2.45, 2.75) is 38.7 Å². The molecule has 2 aromatic rings. The first kappa shape index (κ1) is 20.3. The Kier molecular flexibility index (Phi) is 6.04. The summed E-state index contributed by atoms with van der Waals surface area (Å²) in [5, 5.41) is 9.83. The molecule has 0 unspecified atom stereocenters. The van der Waals surface area contributed by atoms with Crippen molar-refractivity contribution >= 4 is 27.6 Å². The number of guanidine groups is 1. The summed E-state index contributed by atoms with van der Waals surface area (Å²) in [7, 11) is 0. The molecule has 0 radical (unpaired) electrons. The highest BCUT2D eigenvalue weighted by molar-refractivity contribution is 9.10. The van der Waals surface area contributed by atoms with Gasteiger partial charge in [0.2, 0.25) is 5.96 Å². The van der Waals surface area contributed by atoms with Crippen molar-refractivity contribution in [1.82, 2.24) is 4.90 Å². The molecule has 1 fully saturated rings. The third-order valence-corrected chi connectivity index (χ3v) is 5.15. The molecule has 1 aliphatic rings. The van der Waals surface area contributed by atoms with Crippen LogP contribution in [-0.2, 0) is 9.47 Å². The van der Waals surface area contributed by atoms with Gasteiger partial charge in [0.1, 0.15) is 12.1 Å². The second-order valence-corrected chi connectivity index (χ2v) is 7.98. The predicted octanol–water partition coefficient (Wildman–Crippen LogP) is 4.38. The number of halogens is 1. The Bertz CT molecular complexity index is 908. The second kappa shape index (κ2) is 8.31. The largest absolute Gasteiger partial charge is 0.369 e. The summed E-state index contributed by atoms with van der Waals surface area (Å²) < 4.78 is 12.8. The summed E-state index contributed by atoms with van der Waals surface area (Å²) in [4.78, 5) is 5.81. The van der Waals surface area contributed by atoms with Crippen LogP contribution in [0.2, 0.25) is 0 Å². The van der Waals surface area contributed by atoms with Crippen molar-refractivity contribution in [3.8, 4) is 6.19 Å². The minimum atomic E-state index is -0.760. The van der Waals surface area contributed by atoms with Gasteiger partial charge in [0.05, 0.1) is 12.3 Å². The van der Waals surface area contributed by atoms with Crippen molar-refractivity contribution in [3.05, 3.63) is 64.1 Å². The minimum absolute atomic E-state index is 0.0879. The van der Waals surface area contributed by atoms with Gasteiger partial charge in [-0.2, -0.15) is 5.26 Å². The SMILES string of the molecule is Cc1ccc(N=C(N)N(C#N)[C@H]2COC(C)(C)O[C@H]2c2ccccc2)c(Br)c1. The van der Waals surface area contributed by atoms with Gasteiger partial charge < -0.3 is 15.2 Å². The van der Waals surface area contributed by atoms with Crippen LogP contribution in [0, 0.1) is 18.4 Å². The topological polar surface area (TPSA) is 83.9 Å². The van der Waals surface area contributed by atoms with Gasteiger partial charge in [-0.25, -0.2) is 9.89 Å². The van der Waals surface area contributed by atoms with E-state index in [1.165, 1.54) is 4.90 Å². The number of nitrogens with two attached hydrogens (primary N) is 1. The molecule has 1 heterocycles. The third kappa shape index (κ3) is 4.53. The molecule has 6 nitrogen and oxygen atoms in total. The molecule has 0 amide bonds. The fraction of sp³-hybridized carbons (Fsp3) is 0.333. The van der Waals surface area contributed by atoms with Gasteiger partial charge >= 0.3 is 0 Å². The molecule has 146 valence electrons. The molecule has 2 N–H and O–H groups in total. The zero-order valence-electron chi connectivity index (χ0n) is 16.1. The number of nitriles is 1. The van der Waals surface area contributed by atoms with E-state index in [0.29, 0.717) is 5.69 Å². The molecule has 3 rings (SSSR count). The normalized spacial score (nSPS) is 21.8. The molecule has 2 aromatic carbocycles. The molecule has 0 aromatic heterocycles. The number of benzene rings is 2. The molecule has 0 aliphatic carbocycles. The molecule has 0 spiro atoms. The first-order valence-electron chi connectivity index (χ1n) is 8.97. The summed E-state index contributed by atoms with van der Waals surface area (Å²) in [6.07, 6.45) is 1.76. The highest BCUT2D eigenvalue weighted by Crippen LogP contribution is 2.35. The fourth-order valence-electron chi connectivity index (χ4n) is 3.11. The quantitative estimate of drug-likeness (QED) is 0.330. The zero-order valence-corrected chi connectivity index (χ0v) is 17.7. The lowest BCUT2D eigenvalue weighted by Gasteiger charge is -2.43. The van der Waals surface area contributed by atoms with Gasteiger partial charge in [-0.3, -0.25) is 0 Å². The van der Waals surface area contributed by atoms with Gasteiger partial charge in [-0.15, -0.1) is 0 Å². The van der Waals surface area contributed by atoms with Crippen LogP contribution in [-0.4, -0.2) is 29.3 Å². The van der Waals surface area contributed by atoms with Gasteiger partial charge in [0.15, 0.2) is 12.0 Å². The first-order chi connectivity index (χ1) is 13.3. The van der Waals surface area contributed by atoms with E-state index < -0.39 is 11.8 Å². The zero-order chi connectivity index (χ0) is 20.3. The highest BCUT2D eigenvalue weighted by atomic mass is 79.9. The number of hydrogen-bond acceptors (Lipinski definition) is 4. The van der Waals surface area contributed by atoms with Crippen molar-refractivity contribution < 1.29 is 9.47 Å². The minimum Gasteiger partial charge on any atom is -0.369 e. The summed E-state index contributed by atoms with van der Waals surface area (Å²) >= 11 is 3.49. The van der Waals surface area contributed by atoms with Crippen LogP contribution in [0.15, 0.2) is 58.0 Å². The van der Waals surface area contributed by atoms with E-state index in [1.54, 1.807) is 0 Å². The van der Waals surface area contributed by atoms with Gasteiger partial charge in [0, 0.05) is 4.47 Å². The summed E-state index contributed by atoms with van der Waals surface area (Å²) in [5.74, 6) is -0.672. The van der Waals surface area contributed by atoms with E-state index in [1.807, 2.05) is 69.3 Å². The standard InChI is InChI=1S/C21H23BrN4O2/c1-14-9-10-17(16(22)11-14)25-20(24)26(13-23)18-12-27-21(2,3)28-19(18)15-7-5-4-6-8-15/h4-11,18-19H,12H2,1-3H3,(H2,24,25)/t18-,19-/m0/s1. The average Bonchev–Trinajstić information content (AvgIpc) is 2.66. The van der Waals surface area contributed by atoms with Crippen LogP contribution in [0.4, 0.5) is 5.69 Å². The van der Waals surface area contributed by atoms with Crippen molar-refractivity contribution in [2.75, 3.05) is 6.61 Å². The van der Waals surface area contributed by atoms with Gasteiger partial charge in [-0.1, -0.05) is 36.4 Å². The lowest BCUT2D eigenvalue weighted by atomic mass is 9.99. The Labute approximate surface area is 173 Å². The lowest BCUT2D eigenvalue weighted by Crippen LogP contribution is -2.53. The van der Waals surface area contributed by atoms with E-state index in [4.69, 9.17) is 15.2 Å². The van der Waals surface area contributed by atoms with E-state index >= 15 is 0 Å². The average molecular weight is 443 g/mol. The Morgan fingerprint density at radius 2 is 2.00 bits per heavy atom. The fourth-order valence-corrected chi connectivity index (χ4v) is 3.69. The number of nitrogens with zero attached hydrogens (tertiary/aromatic N) is 3. The number of rotatable bonds is 3. The van der Waals surface area contributed by atoms with Crippen LogP contribution >= 0.6 is 15.9 Å². The van der Waals surface area contributed by atoms with E-state index in [0.717, 1.165) is 15.6 Å². The van der Waals surface area contributed by atoms with Crippen molar-refractivity contribution in [1.29, 1.82) is 5.26 Å². The van der Waals surface area contributed by atoms with Crippen LogP contribution in [0.1, 0.15) is 31.1 Å². The lowest BCUT2D eigenvalue weighted by molar-refractivity contribution is -0.290. The molecular formula is C21H23BrN4O2. The number of ether oxygens (including phenoxy) is 2. The van der Waals surface area contributed by atoms with E-state index in [9.17, 15) is 5.26 Å². The number of aryl methyl sites for hydroxylation is 1. The maximum atomic E-state index is 9.83. The van der Waals surface area contributed by atoms with E-state index in [-0.39, 0.29) is 18.7 Å². The first-order valence-corrected chi connectivity index (χ1v) is 9.76. The van der Waals surface area contributed by atoms with Gasteiger partial charge in [0.25, 0.3) is 0 Å². The smallest absolute Gasteiger partial charge is 0.210 e. The Hall–Kier alpha value is -2.40. The van der Waals surface area contributed by atoms with Crippen LogP contribution in [0.5, 0.6) is 0 Å². The highest BCUT2D eigenvalue weighted by Gasteiger charge is 2.41. The monoisotopic (exact) mass is 442 g/mol. The molecule has 1 aliphatic heterocycles. The number of hydrogen-bond donors (Lipinski definition) is 1. The summed E-state index contributed by atoms with van der Waals surface area (Å²) in [6.45, 7) is 5.99. The Balaban J connectivity index is 1.95. The molecule has 0 saturated carbocycles. The Morgan fingerprint density at radius 1 is 1.29 bits per heavy atom. The van der Waals surface area contributed by atoms with E-state index in [2.05, 4.69) is 27.1 Å². The summed E-state index contributed by atoms with van der Waals surface area (Å²) in [5.41, 5.74) is 8.93. The molecule has 7 heteroatoms. The molecule has 28 heavy (non-hydrogen) atoms. The van der Waals surface area contributed by atoms with Crippen LogP contribution in [0.3, 0.4) is 0 Å². The van der Waals surface area contributed by atoms with Crippen molar-refractivity contribution in [2.24, 2.45) is 10.7 Å². The summed E-state index contributed by atoms with van der Waals surface area (Å²) in [6, 6.07) is 15.1. The Morgan fingerprint density at radius 3 is 2.64 bits per heavy atom. The predicted molar refractivity (Wildman–Crippen MR) is 112 cm³/mol. The van der Waals surface area contributed by atoms with Gasteiger partial charge in [-0.05, 0) is 60.0 Å². The second-order valence-electron chi connectivity index (χ2n) is 7.12. The molecule has 1 saturated heterocycles. The maximum absolute atomic E-state index is 9.83. The third-order valence-electron chi connectivity index (χ3n) is 4.51. The molecule has 0 bridgehead atoms. The van der Waals surface area contributed by atoms with Crippen LogP contribution < -0.4 is 5.73 Å². The van der Waals surface area contributed by atoms with Crippen LogP contribution in [0.25, 0.3) is 0 Å².